The Hall–Kier alpha value is -0.520. The molecule has 0 rings (SSSR count). The Bertz CT molecular complexity index is 158. The summed E-state index contributed by atoms with van der Waals surface area (Å²) in [5.41, 5.74) is 0. The van der Waals surface area contributed by atoms with E-state index in [0.29, 0.717) is 6.04 Å². The van der Waals surface area contributed by atoms with Crippen LogP contribution in [0.4, 0.5) is 0 Å². The van der Waals surface area contributed by atoms with Crippen LogP contribution >= 0.6 is 0 Å². The summed E-state index contributed by atoms with van der Waals surface area (Å²) < 4.78 is 0. The third kappa shape index (κ3) is 8.10. The number of nitrogens with one attached hydrogen (secondary N) is 1. The molecule has 0 aliphatic rings. The molecule has 0 atom stereocenters. The summed E-state index contributed by atoms with van der Waals surface area (Å²) in [6, 6.07) is 0.600. The Morgan fingerprint density at radius 2 is 2.07 bits per heavy atom. The van der Waals surface area contributed by atoms with Gasteiger partial charge in [-0.05, 0) is 32.5 Å². The van der Waals surface area contributed by atoms with Crippen LogP contribution in [0, 0.1) is 12.3 Å². The van der Waals surface area contributed by atoms with E-state index in [1.807, 2.05) is 0 Å². The fraction of sp³-hybridized carbons (Fsp3) is 0.833. The number of rotatable bonds is 8. The van der Waals surface area contributed by atoms with Crippen molar-refractivity contribution in [1.82, 2.24) is 10.2 Å². The summed E-state index contributed by atoms with van der Waals surface area (Å²) >= 11 is 0. The summed E-state index contributed by atoms with van der Waals surface area (Å²) in [6.07, 6.45) is 7.74. The maximum absolute atomic E-state index is 5.27. The third-order valence-electron chi connectivity index (χ3n) is 2.22. The first-order valence-electron chi connectivity index (χ1n) is 5.59. The van der Waals surface area contributed by atoms with E-state index < -0.39 is 0 Å². The van der Waals surface area contributed by atoms with Gasteiger partial charge in [-0.1, -0.05) is 26.7 Å². The summed E-state index contributed by atoms with van der Waals surface area (Å²) in [5, 5.41) is 3.41. The van der Waals surface area contributed by atoms with Gasteiger partial charge in [0.05, 0.1) is 6.54 Å². The molecule has 1 N–H and O–H groups in total. The second-order valence-electron chi connectivity index (χ2n) is 3.89. The standard InChI is InChI=1S/C12H24N2/c1-5-10-14(6-2)11-8-7-9-13-12(3)4/h1,12-13H,6-11H2,2-4H3. The van der Waals surface area contributed by atoms with Crippen molar-refractivity contribution in [2.45, 2.75) is 39.7 Å². The molecule has 2 heteroatoms. The van der Waals surface area contributed by atoms with Gasteiger partial charge < -0.3 is 5.32 Å². The van der Waals surface area contributed by atoms with Crippen LogP contribution in [-0.4, -0.2) is 37.1 Å². The quantitative estimate of drug-likeness (QED) is 0.470. The van der Waals surface area contributed by atoms with Gasteiger partial charge in [-0.3, -0.25) is 4.90 Å². The lowest BCUT2D eigenvalue weighted by Crippen LogP contribution is -2.27. The van der Waals surface area contributed by atoms with Crippen LogP contribution in [0.25, 0.3) is 0 Å². The van der Waals surface area contributed by atoms with E-state index in [1.165, 1.54) is 12.8 Å². The molecule has 0 spiro atoms. The molecule has 0 aliphatic heterocycles. The van der Waals surface area contributed by atoms with Crippen LogP contribution in [-0.2, 0) is 0 Å². The molecule has 0 amide bonds. The lowest BCUT2D eigenvalue weighted by atomic mass is 10.2. The van der Waals surface area contributed by atoms with E-state index >= 15 is 0 Å². The smallest absolute Gasteiger partial charge is 0.0598 e. The molecule has 0 saturated heterocycles. The molecule has 0 aromatic heterocycles. The number of hydrogen-bond acceptors (Lipinski definition) is 2. The summed E-state index contributed by atoms with van der Waals surface area (Å²) in [7, 11) is 0. The lowest BCUT2D eigenvalue weighted by molar-refractivity contribution is 0.314. The first-order valence-corrected chi connectivity index (χ1v) is 5.59. The van der Waals surface area contributed by atoms with E-state index in [4.69, 9.17) is 6.42 Å². The van der Waals surface area contributed by atoms with Crippen LogP contribution in [0.3, 0.4) is 0 Å². The molecule has 0 aliphatic carbocycles. The van der Waals surface area contributed by atoms with Gasteiger partial charge >= 0.3 is 0 Å². The molecule has 2 nitrogen and oxygen atoms in total. The van der Waals surface area contributed by atoms with Gasteiger partial charge in [-0.15, -0.1) is 6.42 Å². The zero-order valence-electron chi connectivity index (χ0n) is 9.84. The SMILES string of the molecule is C#CCN(CC)CCCCNC(C)C. The van der Waals surface area contributed by atoms with Crippen LogP contribution in [0.2, 0.25) is 0 Å². The van der Waals surface area contributed by atoms with Gasteiger partial charge in [-0.25, -0.2) is 0 Å². The van der Waals surface area contributed by atoms with E-state index in [9.17, 15) is 0 Å². The highest BCUT2D eigenvalue weighted by molar-refractivity contribution is 4.87. The van der Waals surface area contributed by atoms with Crippen molar-refractivity contribution < 1.29 is 0 Å². The Kier molecular flexibility index (Phi) is 8.72. The number of nitrogens with zero attached hydrogens (tertiary/aromatic N) is 1. The van der Waals surface area contributed by atoms with E-state index in [2.05, 4.69) is 36.9 Å². The highest BCUT2D eigenvalue weighted by Crippen LogP contribution is 1.94. The van der Waals surface area contributed by atoms with Gasteiger partial charge in [0, 0.05) is 6.04 Å². The number of hydrogen-bond donors (Lipinski definition) is 1. The molecule has 0 aromatic rings. The molecule has 0 unspecified atom stereocenters. The topological polar surface area (TPSA) is 15.3 Å². The highest BCUT2D eigenvalue weighted by Gasteiger charge is 1.99. The fourth-order valence-electron chi connectivity index (χ4n) is 1.33. The third-order valence-corrected chi connectivity index (χ3v) is 2.22. The normalized spacial score (nSPS) is 10.9. The molecule has 0 saturated carbocycles. The van der Waals surface area contributed by atoms with Gasteiger partial charge in [0.15, 0.2) is 0 Å². The molecule has 0 aromatic carbocycles. The molecule has 82 valence electrons. The Morgan fingerprint density at radius 1 is 1.36 bits per heavy atom. The molecule has 0 bridgehead atoms. The minimum atomic E-state index is 0.600. The summed E-state index contributed by atoms with van der Waals surface area (Å²) in [6.45, 7) is 10.6. The second kappa shape index (κ2) is 9.05. The fourth-order valence-corrected chi connectivity index (χ4v) is 1.33. The average molecular weight is 196 g/mol. The monoisotopic (exact) mass is 196 g/mol. The highest BCUT2D eigenvalue weighted by atomic mass is 15.1. The maximum Gasteiger partial charge on any atom is 0.0598 e. The van der Waals surface area contributed by atoms with Crippen molar-refractivity contribution >= 4 is 0 Å². The van der Waals surface area contributed by atoms with Crippen LogP contribution in [0.1, 0.15) is 33.6 Å². The zero-order valence-corrected chi connectivity index (χ0v) is 9.84. The van der Waals surface area contributed by atoms with Crippen molar-refractivity contribution in [3.63, 3.8) is 0 Å². The first kappa shape index (κ1) is 13.5. The molecule has 0 heterocycles. The van der Waals surface area contributed by atoms with Crippen molar-refractivity contribution in [2.24, 2.45) is 0 Å². The summed E-state index contributed by atoms with van der Waals surface area (Å²) in [4.78, 5) is 2.30. The predicted octanol–water partition coefficient (Wildman–Crippen LogP) is 1.72. The van der Waals surface area contributed by atoms with Gasteiger partial charge in [0.1, 0.15) is 0 Å². The van der Waals surface area contributed by atoms with E-state index in [1.54, 1.807) is 0 Å². The van der Waals surface area contributed by atoms with Crippen molar-refractivity contribution in [1.29, 1.82) is 0 Å². The van der Waals surface area contributed by atoms with Crippen LogP contribution in [0.15, 0.2) is 0 Å². The van der Waals surface area contributed by atoms with Gasteiger partial charge in [0.25, 0.3) is 0 Å². The predicted molar refractivity (Wildman–Crippen MR) is 63.3 cm³/mol. The van der Waals surface area contributed by atoms with E-state index in [-0.39, 0.29) is 0 Å². The Morgan fingerprint density at radius 3 is 2.57 bits per heavy atom. The number of terminal acetylenes is 1. The molecular weight excluding hydrogens is 172 g/mol. The van der Waals surface area contributed by atoms with Crippen LogP contribution in [0.5, 0.6) is 0 Å². The molecule has 14 heavy (non-hydrogen) atoms. The molecular formula is C12H24N2. The number of unbranched alkanes of at least 4 members (excludes halogenated alkanes) is 1. The van der Waals surface area contributed by atoms with Crippen molar-refractivity contribution in [3.8, 4) is 12.3 Å². The first-order chi connectivity index (χ1) is 6.70. The van der Waals surface area contributed by atoms with Gasteiger partial charge in [0.2, 0.25) is 0 Å². The second-order valence-corrected chi connectivity index (χ2v) is 3.89. The maximum atomic E-state index is 5.27. The lowest BCUT2D eigenvalue weighted by Gasteiger charge is -2.17. The minimum absolute atomic E-state index is 0.600. The van der Waals surface area contributed by atoms with Crippen molar-refractivity contribution in [3.05, 3.63) is 0 Å². The summed E-state index contributed by atoms with van der Waals surface area (Å²) in [5.74, 6) is 2.69. The molecule has 0 fully saturated rings. The Labute approximate surface area is 89.1 Å². The van der Waals surface area contributed by atoms with E-state index in [0.717, 1.165) is 26.2 Å². The zero-order chi connectivity index (χ0) is 10.8. The van der Waals surface area contributed by atoms with Crippen molar-refractivity contribution in [2.75, 3.05) is 26.2 Å². The van der Waals surface area contributed by atoms with Gasteiger partial charge in [-0.2, -0.15) is 0 Å². The largest absolute Gasteiger partial charge is 0.315 e. The van der Waals surface area contributed by atoms with Crippen LogP contribution < -0.4 is 5.32 Å². The minimum Gasteiger partial charge on any atom is -0.315 e. The Balaban J connectivity index is 3.29. The average Bonchev–Trinajstić information content (AvgIpc) is 2.15. The molecule has 0 radical (unpaired) electrons.